The maximum absolute atomic E-state index is 5.34. The molecule has 0 aliphatic heterocycles. The Morgan fingerprint density at radius 2 is 1.93 bits per heavy atom. The topological polar surface area (TPSA) is 47.9 Å². The van der Waals surface area contributed by atoms with Gasteiger partial charge < -0.3 is 4.74 Å². The predicted molar refractivity (Wildman–Crippen MR) is 58.3 cm³/mol. The van der Waals surface area contributed by atoms with Gasteiger partial charge in [0.15, 0.2) is 0 Å². The van der Waals surface area contributed by atoms with Crippen LogP contribution in [0.2, 0.25) is 0 Å². The van der Waals surface area contributed by atoms with Crippen molar-refractivity contribution in [3.63, 3.8) is 0 Å². The van der Waals surface area contributed by atoms with Crippen molar-refractivity contribution < 1.29 is 4.74 Å². The molecule has 0 spiro atoms. The minimum Gasteiger partial charge on any atom is -0.457 e. The van der Waals surface area contributed by atoms with Crippen molar-refractivity contribution in [2.75, 3.05) is 0 Å². The molecule has 15 heavy (non-hydrogen) atoms. The highest BCUT2D eigenvalue weighted by Gasteiger charge is 1.98. The Hall–Kier alpha value is -1.49. The first-order valence-corrected chi connectivity index (χ1v) is 5.14. The molecule has 0 radical (unpaired) electrons. The zero-order valence-electron chi connectivity index (χ0n) is 7.80. The number of aromatic nitrogens is 3. The second-order valence-electron chi connectivity index (χ2n) is 2.79. The third-order valence-corrected chi connectivity index (χ3v) is 2.08. The smallest absolute Gasteiger partial charge is 0.316 e. The van der Waals surface area contributed by atoms with E-state index < -0.39 is 0 Å². The lowest BCUT2D eigenvalue weighted by Crippen LogP contribution is -2.00. The highest BCUT2D eigenvalue weighted by molar-refractivity contribution is 9.10. The lowest BCUT2D eigenvalue weighted by molar-refractivity contribution is 0.276. The first-order chi connectivity index (χ1) is 7.34. The molecule has 2 rings (SSSR count). The summed E-state index contributed by atoms with van der Waals surface area (Å²) in [5.74, 6) is 0. The molecule has 0 atom stereocenters. The summed E-state index contributed by atoms with van der Waals surface area (Å²) in [5.41, 5.74) is 0.851. The van der Waals surface area contributed by atoms with Crippen LogP contribution in [0.1, 0.15) is 5.69 Å². The second-order valence-corrected chi connectivity index (χ2v) is 3.71. The van der Waals surface area contributed by atoms with E-state index in [4.69, 9.17) is 4.74 Å². The van der Waals surface area contributed by atoms with Gasteiger partial charge in [0.25, 0.3) is 0 Å². The molecular formula is C10H8BrN3O. The Bertz CT molecular complexity index is 418. The van der Waals surface area contributed by atoms with Crippen molar-refractivity contribution in [3.05, 3.63) is 47.0 Å². The molecule has 0 saturated heterocycles. The fourth-order valence-electron chi connectivity index (χ4n) is 0.997. The number of rotatable bonds is 3. The van der Waals surface area contributed by atoms with Crippen LogP contribution in [-0.4, -0.2) is 15.0 Å². The number of hydrogen-bond acceptors (Lipinski definition) is 4. The van der Waals surface area contributed by atoms with Crippen molar-refractivity contribution in [2.45, 2.75) is 6.61 Å². The Morgan fingerprint density at radius 3 is 2.60 bits per heavy atom. The molecule has 5 heteroatoms. The summed E-state index contributed by atoms with van der Waals surface area (Å²) in [5, 5.41) is 0. The summed E-state index contributed by atoms with van der Waals surface area (Å²) in [7, 11) is 0. The molecule has 2 heterocycles. The van der Waals surface area contributed by atoms with Crippen molar-refractivity contribution in [2.24, 2.45) is 0 Å². The van der Waals surface area contributed by atoms with Crippen molar-refractivity contribution in [3.8, 4) is 6.01 Å². The molecule has 76 valence electrons. The highest BCUT2D eigenvalue weighted by Crippen LogP contribution is 2.09. The Balaban J connectivity index is 1.96. The molecule has 2 aromatic heterocycles. The van der Waals surface area contributed by atoms with Gasteiger partial charge in [-0.15, -0.1) is 0 Å². The zero-order valence-corrected chi connectivity index (χ0v) is 9.39. The molecule has 0 aromatic carbocycles. The van der Waals surface area contributed by atoms with E-state index >= 15 is 0 Å². The molecule has 0 saturated carbocycles. The van der Waals surface area contributed by atoms with Crippen LogP contribution in [0.5, 0.6) is 6.01 Å². The molecule has 0 unspecified atom stereocenters. The van der Waals surface area contributed by atoms with Crippen molar-refractivity contribution in [1.82, 2.24) is 15.0 Å². The van der Waals surface area contributed by atoms with E-state index in [1.807, 2.05) is 18.2 Å². The molecule has 0 fully saturated rings. The van der Waals surface area contributed by atoms with E-state index in [1.165, 1.54) is 0 Å². The first kappa shape index (κ1) is 10.0. The maximum atomic E-state index is 5.34. The van der Waals surface area contributed by atoms with Gasteiger partial charge in [0.1, 0.15) is 6.61 Å². The van der Waals surface area contributed by atoms with Crippen LogP contribution in [0.25, 0.3) is 0 Å². The highest BCUT2D eigenvalue weighted by atomic mass is 79.9. The molecule has 4 nitrogen and oxygen atoms in total. The van der Waals surface area contributed by atoms with Gasteiger partial charge in [0.2, 0.25) is 0 Å². The minimum atomic E-state index is 0.351. The number of halogens is 1. The van der Waals surface area contributed by atoms with Gasteiger partial charge in [0, 0.05) is 18.6 Å². The van der Waals surface area contributed by atoms with Crippen LogP contribution < -0.4 is 4.74 Å². The Labute approximate surface area is 95.5 Å². The molecule has 0 bridgehead atoms. The van der Waals surface area contributed by atoms with E-state index in [9.17, 15) is 0 Å². The lowest BCUT2D eigenvalue weighted by Gasteiger charge is -2.02. The van der Waals surface area contributed by atoms with E-state index in [2.05, 4.69) is 30.9 Å². The van der Waals surface area contributed by atoms with Gasteiger partial charge in [-0.1, -0.05) is 6.07 Å². The first-order valence-electron chi connectivity index (χ1n) is 4.35. The molecule has 2 aromatic rings. The molecule has 0 N–H and O–H groups in total. The van der Waals surface area contributed by atoms with Gasteiger partial charge in [-0.25, -0.2) is 9.97 Å². The maximum Gasteiger partial charge on any atom is 0.316 e. The summed E-state index contributed by atoms with van der Waals surface area (Å²) in [4.78, 5) is 12.1. The van der Waals surface area contributed by atoms with Crippen LogP contribution >= 0.6 is 15.9 Å². The third-order valence-electron chi connectivity index (χ3n) is 1.67. The van der Waals surface area contributed by atoms with Gasteiger partial charge in [-0.05, 0) is 28.1 Å². The fourth-order valence-corrected chi connectivity index (χ4v) is 1.20. The molecular weight excluding hydrogens is 258 g/mol. The average Bonchev–Trinajstić information content (AvgIpc) is 2.30. The average molecular weight is 266 g/mol. The summed E-state index contributed by atoms with van der Waals surface area (Å²) in [6, 6.07) is 6.01. The number of ether oxygens (including phenoxy) is 1. The van der Waals surface area contributed by atoms with Gasteiger partial charge in [-0.2, -0.15) is 0 Å². The SMILES string of the molecule is Brc1cnc(OCc2ccccn2)nc1. The fraction of sp³-hybridized carbons (Fsp3) is 0.100. The Morgan fingerprint density at radius 1 is 1.13 bits per heavy atom. The summed E-state index contributed by atoms with van der Waals surface area (Å²) in [6.45, 7) is 0.377. The van der Waals surface area contributed by atoms with E-state index in [0.29, 0.717) is 12.6 Å². The van der Waals surface area contributed by atoms with Gasteiger partial charge in [0.05, 0.1) is 10.2 Å². The second kappa shape index (κ2) is 4.84. The quantitative estimate of drug-likeness (QED) is 0.854. The van der Waals surface area contributed by atoms with Crippen LogP contribution in [0.15, 0.2) is 41.3 Å². The summed E-state index contributed by atoms with van der Waals surface area (Å²) < 4.78 is 6.17. The van der Waals surface area contributed by atoms with E-state index in [-0.39, 0.29) is 0 Å². The van der Waals surface area contributed by atoms with E-state index in [0.717, 1.165) is 10.2 Å². The predicted octanol–water partition coefficient (Wildman–Crippen LogP) is 2.21. The minimum absolute atomic E-state index is 0.351. The Kier molecular flexibility index (Phi) is 3.24. The normalized spacial score (nSPS) is 9.93. The molecule has 0 amide bonds. The van der Waals surface area contributed by atoms with Crippen LogP contribution in [0.4, 0.5) is 0 Å². The molecule has 0 aliphatic rings. The van der Waals surface area contributed by atoms with Gasteiger partial charge >= 0.3 is 6.01 Å². The summed E-state index contributed by atoms with van der Waals surface area (Å²) >= 11 is 3.25. The monoisotopic (exact) mass is 265 g/mol. The van der Waals surface area contributed by atoms with Crippen LogP contribution in [0.3, 0.4) is 0 Å². The van der Waals surface area contributed by atoms with Crippen molar-refractivity contribution in [1.29, 1.82) is 0 Å². The lowest BCUT2D eigenvalue weighted by atomic mass is 10.4. The zero-order chi connectivity index (χ0) is 10.5. The number of pyridine rings is 1. The number of hydrogen-bond donors (Lipinski definition) is 0. The van der Waals surface area contributed by atoms with Crippen molar-refractivity contribution >= 4 is 15.9 Å². The number of nitrogens with zero attached hydrogens (tertiary/aromatic N) is 3. The van der Waals surface area contributed by atoms with Crippen LogP contribution in [-0.2, 0) is 6.61 Å². The van der Waals surface area contributed by atoms with Crippen LogP contribution in [0, 0.1) is 0 Å². The largest absolute Gasteiger partial charge is 0.457 e. The summed E-state index contributed by atoms with van der Waals surface area (Å²) in [6.07, 6.45) is 5.00. The van der Waals surface area contributed by atoms with Gasteiger partial charge in [-0.3, -0.25) is 4.98 Å². The standard InChI is InChI=1S/C10H8BrN3O/c11-8-5-13-10(14-6-8)15-7-9-3-1-2-4-12-9/h1-6H,7H2. The van der Waals surface area contributed by atoms with E-state index in [1.54, 1.807) is 18.6 Å². The molecule has 0 aliphatic carbocycles. The third kappa shape index (κ3) is 2.99.